The average Bonchev–Trinajstić information content (AvgIpc) is 2.88. The minimum absolute atomic E-state index is 0.000326. The number of likely N-dealkylation sites (tertiary alicyclic amines) is 1. The van der Waals surface area contributed by atoms with E-state index in [1.165, 1.54) is 10.7 Å². The summed E-state index contributed by atoms with van der Waals surface area (Å²) in [6.45, 7) is 1.70. The van der Waals surface area contributed by atoms with Crippen LogP contribution in [0.15, 0.2) is 24.3 Å². The Kier molecular flexibility index (Phi) is 3.96. The monoisotopic (exact) mass is 317 g/mol. The lowest BCUT2D eigenvalue weighted by atomic mass is 10.1. The molecule has 0 saturated carbocycles. The van der Waals surface area contributed by atoms with Gasteiger partial charge < -0.3 is 14.6 Å². The molecule has 0 amide bonds. The topological polar surface area (TPSA) is 76.8 Å². The molecule has 0 unspecified atom stereocenters. The lowest BCUT2D eigenvalue weighted by molar-refractivity contribution is 0.0373. The molecule has 122 valence electrons. The summed E-state index contributed by atoms with van der Waals surface area (Å²) in [5.74, 6) is 0.181. The standard InChI is InChI=1S/C16H19N3O4/c1-18-8-10(9-18)23-15-11(5-4-6-14(15)22-3)13-7-12(16(20)21)17-19(13)2/h4-7,10H,8-9H2,1-3H3,(H,20,21). The van der Waals surface area contributed by atoms with Crippen LogP contribution >= 0.6 is 0 Å². The molecule has 1 saturated heterocycles. The average molecular weight is 317 g/mol. The van der Waals surface area contributed by atoms with Crippen molar-refractivity contribution >= 4 is 5.97 Å². The summed E-state index contributed by atoms with van der Waals surface area (Å²) >= 11 is 0. The van der Waals surface area contributed by atoms with Gasteiger partial charge in [0.15, 0.2) is 17.2 Å². The van der Waals surface area contributed by atoms with Crippen LogP contribution in [0.3, 0.4) is 0 Å². The lowest BCUT2D eigenvalue weighted by Crippen LogP contribution is -2.51. The number of carboxylic acid groups (broad SMARTS) is 1. The molecule has 1 aliphatic rings. The Bertz CT molecular complexity index is 735. The summed E-state index contributed by atoms with van der Waals surface area (Å²) in [7, 11) is 5.33. The molecule has 1 N–H and O–H groups in total. The quantitative estimate of drug-likeness (QED) is 0.900. The van der Waals surface area contributed by atoms with E-state index >= 15 is 0 Å². The van der Waals surface area contributed by atoms with Gasteiger partial charge in [-0.3, -0.25) is 9.58 Å². The molecule has 0 spiro atoms. The van der Waals surface area contributed by atoms with E-state index in [-0.39, 0.29) is 11.8 Å². The second-order valence-corrected chi connectivity index (χ2v) is 5.64. The van der Waals surface area contributed by atoms with Gasteiger partial charge in [0.25, 0.3) is 0 Å². The molecule has 2 heterocycles. The molecule has 1 aromatic heterocycles. The number of likely N-dealkylation sites (N-methyl/N-ethyl adjacent to an activating group) is 1. The van der Waals surface area contributed by atoms with E-state index in [9.17, 15) is 4.79 Å². The SMILES string of the molecule is COc1cccc(-c2cc(C(=O)O)nn2C)c1OC1CN(C)C1. The number of carbonyl (C=O) groups is 1. The van der Waals surface area contributed by atoms with Gasteiger partial charge in [0.2, 0.25) is 0 Å². The van der Waals surface area contributed by atoms with E-state index in [1.54, 1.807) is 14.2 Å². The molecule has 0 radical (unpaired) electrons. The minimum Gasteiger partial charge on any atom is -0.493 e. The first-order valence-corrected chi connectivity index (χ1v) is 7.29. The second kappa shape index (κ2) is 5.92. The molecule has 0 atom stereocenters. The Labute approximate surface area is 134 Å². The molecule has 7 heteroatoms. The number of ether oxygens (including phenoxy) is 2. The van der Waals surface area contributed by atoms with E-state index < -0.39 is 5.97 Å². The summed E-state index contributed by atoms with van der Waals surface area (Å²) in [6, 6.07) is 7.09. The number of aromatic carboxylic acids is 1. The Hall–Kier alpha value is -2.54. The fourth-order valence-electron chi connectivity index (χ4n) is 2.71. The molecule has 3 rings (SSSR count). The van der Waals surface area contributed by atoms with E-state index in [2.05, 4.69) is 10.00 Å². The third kappa shape index (κ3) is 2.87. The number of nitrogens with zero attached hydrogens (tertiary/aromatic N) is 3. The molecule has 1 fully saturated rings. The summed E-state index contributed by atoms with van der Waals surface area (Å²) in [5, 5.41) is 13.1. The van der Waals surface area contributed by atoms with E-state index in [0.717, 1.165) is 18.7 Å². The van der Waals surface area contributed by atoms with Gasteiger partial charge in [-0.05, 0) is 25.2 Å². The maximum Gasteiger partial charge on any atom is 0.356 e. The lowest BCUT2D eigenvalue weighted by Gasteiger charge is -2.36. The Morgan fingerprint density at radius 2 is 2.09 bits per heavy atom. The molecule has 1 aromatic carbocycles. The molecule has 2 aromatic rings. The number of aryl methyl sites for hydroxylation is 1. The molecule has 0 aliphatic carbocycles. The third-order valence-corrected chi connectivity index (χ3v) is 3.89. The normalized spacial score (nSPS) is 15.3. The minimum atomic E-state index is -1.06. The highest BCUT2D eigenvalue weighted by Gasteiger charge is 2.28. The number of aromatic nitrogens is 2. The van der Waals surface area contributed by atoms with Crippen molar-refractivity contribution < 1.29 is 19.4 Å². The number of para-hydroxylation sites is 1. The van der Waals surface area contributed by atoms with Crippen LogP contribution in [-0.2, 0) is 7.05 Å². The molecule has 0 bridgehead atoms. The van der Waals surface area contributed by atoms with Crippen molar-refractivity contribution in [2.75, 3.05) is 27.2 Å². The van der Waals surface area contributed by atoms with Crippen molar-refractivity contribution in [3.8, 4) is 22.8 Å². The molecule has 7 nitrogen and oxygen atoms in total. The van der Waals surface area contributed by atoms with Gasteiger partial charge in [-0.15, -0.1) is 0 Å². The van der Waals surface area contributed by atoms with Crippen molar-refractivity contribution in [2.45, 2.75) is 6.10 Å². The van der Waals surface area contributed by atoms with Crippen LogP contribution in [0.4, 0.5) is 0 Å². The van der Waals surface area contributed by atoms with E-state index in [4.69, 9.17) is 14.6 Å². The summed E-state index contributed by atoms with van der Waals surface area (Å²) in [5.41, 5.74) is 1.44. The van der Waals surface area contributed by atoms with Gasteiger partial charge in [-0.2, -0.15) is 5.10 Å². The summed E-state index contributed by atoms with van der Waals surface area (Å²) < 4.78 is 13.1. The highest BCUT2D eigenvalue weighted by Crippen LogP contribution is 2.39. The van der Waals surface area contributed by atoms with Crippen molar-refractivity contribution in [3.63, 3.8) is 0 Å². The van der Waals surface area contributed by atoms with Crippen LogP contribution in [0.1, 0.15) is 10.5 Å². The molecule has 23 heavy (non-hydrogen) atoms. The van der Waals surface area contributed by atoms with E-state index in [1.807, 2.05) is 25.2 Å². The third-order valence-electron chi connectivity index (χ3n) is 3.89. The van der Waals surface area contributed by atoms with Crippen molar-refractivity contribution in [1.82, 2.24) is 14.7 Å². The van der Waals surface area contributed by atoms with Crippen LogP contribution in [0.25, 0.3) is 11.3 Å². The number of hydrogen-bond acceptors (Lipinski definition) is 5. The number of benzene rings is 1. The predicted octanol–water partition coefficient (Wildman–Crippen LogP) is 1.49. The number of rotatable bonds is 5. The molecule has 1 aliphatic heterocycles. The van der Waals surface area contributed by atoms with Crippen molar-refractivity contribution in [2.24, 2.45) is 7.05 Å². The maximum absolute atomic E-state index is 11.1. The zero-order valence-electron chi connectivity index (χ0n) is 13.3. The number of hydrogen-bond donors (Lipinski definition) is 1. The van der Waals surface area contributed by atoms with Crippen LogP contribution < -0.4 is 9.47 Å². The van der Waals surface area contributed by atoms with Crippen molar-refractivity contribution in [3.05, 3.63) is 30.0 Å². The summed E-state index contributed by atoms with van der Waals surface area (Å²) in [6.07, 6.45) is 0.0993. The zero-order valence-corrected chi connectivity index (χ0v) is 13.3. The zero-order chi connectivity index (χ0) is 16.6. The Balaban J connectivity index is 2.02. The first-order chi connectivity index (χ1) is 11.0. The Morgan fingerprint density at radius 1 is 1.35 bits per heavy atom. The summed E-state index contributed by atoms with van der Waals surface area (Å²) in [4.78, 5) is 13.3. The predicted molar refractivity (Wildman–Crippen MR) is 84.1 cm³/mol. The van der Waals surface area contributed by atoms with Crippen LogP contribution in [-0.4, -0.2) is 59.1 Å². The fraction of sp³-hybridized carbons (Fsp3) is 0.375. The Morgan fingerprint density at radius 3 is 2.65 bits per heavy atom. The van der Waals surface area contributed by atoms with Gasteiger partial charge in [0, 0.05) is 25.7 Å². The maximum atomic E-state index is 11.1. The highest BCUT2D eigenvalue weighted by atomic mass is 16.5. The van der Waals surface area contributed by atoms with Crippen LogP contribution in [0.5, 0.6) is 11.5 Å². The first kappa shape index (κ1) is 15.4. The van der Waals surface area contributed by atoms with Gasteiger partial charge >= 0.3 is 5.97 Å². The second-order valence-electron chi connectivity index (χ2n) is 5.64. The van der Waals surface area contributed by atoms with Crippen molar-refractivity contribution in [1.29, 1.82) is 0 Å². The highest BCUT2D eigenvalue weighted by molar-refractivity contribution is 5.87. The largest absolute Gasteiger partial charge is 0.493 e. The number of methoxy groups -OCH3 is 1. The number of carboxylic acids is 1. The molecular formula is C16H19N3O4. The van der Waals surface area contributed by atoms with Gasteiger partial charge in [-0.25, -0.2) is 4.79 Å². The van der Waals surface area contributed by atoms with Gasteiger partial charge in [0.05, 0.1) is 12.8 Å². The van der Waals surface area contributed by atoms with Gasteiger partial charge in [-0.1, -0.05) is 6.07 Å². The van der Waals surface area contributed by atoms with Crippen LogP contribution in [0, 0.1) is 0 Å². The van der Waals surface area contributed by atoms with Gasteiger partial charge in [0.1, 0.15) is 6.10 Å². The smallest absolute Gasteiger partial charge is 0.356 e. The first-order valence-electron chi connectivity index (χ1n) is 7.29. The fourth-order valence-corrected chi connectivity index (χ4v) is 2.71. The van der Waals surface area contributed by atoms with E-state index in [0.29, 0.717) is 17.2 Å². The molecular weight excluding hydrogens is 298 g/mol. The van der Waals surface area contributed by atoms with Crippen LogP contribution in [0.2, 0.25) is 0 Å².